The molecule has 1 aromatic rings. The first-order chi connectivity index (χ1) is 7.49. The monoisotopic (exact) mass is 221 g/mol. The molecule has 0 aliphatic carbocycles. The van der Waals surface area contributed by atoms with Gasteiger partial charge >= 0.3 is 0 Å². The van der Waals surface area contributed by atoms with E-state index in [9.17, 15) is 4.39 Å². The maximum Gasteiger partial charge on any atom is 0.102 e. The second-order valence-electron chi connectivity index (χ2n) is 4.75. The van der Waals surface area contributed by atoms with Gasteiger partial charge in [-0.05, 0) is 22.1 Å². The number of benzene rings is 1. The maximum absolute atomic E-state index is 12.6. The molecule has 0 spiro atoms. The Hall–Kier alpha value is -1.54. The van der Waals surface area contributed by atoms with Gasteiger partial charge in [0.25, 0.3) is 0 Å². The van der Waals surface area contributed by atoms with Gasteiger partial charge in [-0.1, -0.05) is 50.2 Å². The molecule has 1 aromatic carbocycles. The lowest BCUT2D eigenvalue weighted by atomic mass is 9.86. The molecule has 0 heterocycles. The fraction of sp³-hybridized carbons (Fsp3) is 0.500. The van der Waals surface area contributed by atoms with Gasteiger partial charge in [0.1, 0.15) is 6.67 Å². The Balaban J connectivity index is 2.98. The van der Waals surface area contributed by atoms with E-state index in [1.54, 1.807) is 0 Å². The maximum atomic E-state index is 12.6. The number of halogens is 1. The summed E-state index contributed by atoms with van der Waals surface area (Å²) in [6, 6.07) is 6.83. The SMILES string of the molecule is CC(C)(C)c1ccc(C(CF)N=[N+]=[N-])cc1. The Labute approximate surface area is 94.9 Å². The summed E-state index contributed by atoms with van der Waals surface area (Å²) in [6.07, 6.45) is 0. The Bertz CT molecular complexity index is 386. The van der Waals surface area contributed by atoms with E-state index in [2.05, 4.69) is 30.8 Å². The van der Waals surface area contributed by atoms with Gasteiger partial charge in [-0.3, -0.25) is 4.39 Å². The van der Waals surface area contributed by atoms with Crippen molar-refractivity contribution in [2.45, 2.75) is 32.2 Å². The molecule has 0 fully saturated rings. The molecule has 3 nitrogen and oxygen atoms in total. The van der Waals surface area contributed by atoms with E-state index in [-0.39, 0.29) is 5.41 Å². The highest BCUT2D eigenvalue weighted by Crippen LogP contribution is 2.25. The quantitative estimate of drug-likeness (QED) is 0.415. The van der Waals surface area contributed by atoms with Gasteiger partial charge < -0.3 is 0 Å². The summed E-state index contributed by atoms with van der Waals surface area (Å²) in [6.45, 7) is 5.67. The Morgan fingerprint density at radius 1 is 1.31 bits per heavy atom. The minimum Gasteiger partial charge on any atom is -0.250 e. The summed E-state index contributed by atoms with van der Waals surface area (Å²) in [4.78, 5) is 2.64. The predicted octanol–water partition coefficient (Wildman–Crippen LogP) is 4.31. The van der Waals surface area contributed by atoms with Gasteiger partial charge in [0.05, 0.1) is 6.04 Å². The number of hydrogen-bond donors (Lipinski definition) is 0. The van der Waals surface area contributed by atoms with Crippen LogP contribution in [0.3, 0.4) is 0 Å². The van der Waals surface area contributed by atoms with Crippen LogP contribution < -0.4 is 0 Å². The molecule has 1 unspecified atom stereocenters. The van der Waals surface area contributed by atoms with Crippen LogP contribution in [0.1, 0.15) is 37.9 Å². The molecule has 4 heteroatoms. The first-order valence-electron chi connectivity index (χ1n) is 5.19. The van der Waals surface area contributed by atoms with Crippen LogP contribution in [0.15, 0.2) is 29.4 Å². The van der Waals surface area contributed by atoms with Crippen molar-refractivity contribution in [3.63, 3.8) is 0 Å². The van der Waals surface area contributed by atoms with Gasteiger partial charge in [-0.2, -0.15) is 0 Å². The molecule has 86 valence electrons. The first kappa shape index (κ1) is 12.5. The highest BCUT2D eigenvalue weighted by molar-refractivity contribution is 5.29. The summed E-state index contributed by atoms with van der Waals surface area (Å²) in [5.41, 5.74) is 10.3. The Kier molecular flexibility index (Phi) is 3.91. The Morgan fingerprint density at radius 3 is 2.25 bits per heavy atom. The molecule has 0 amide bonds. The molecule has 0 aliphatic rings. The van der Waals surface area contributed by atoms with Gasteiger partial charge in [0.2, 0.25) is 0 Å². The van der Waals surface area contributed by atoms with Crippen LogP contribution >= 0.6 is 0 Å². The molecule has 0 saturated heterocycles. The van der Waals surface area contributed by atoms with E-state index in [1.165, 1.54) is 5.56 Å². The van der Waals surface area contributed by atoms with Gasteiger partial charge in [0.15, 0.2) is 0 Å². The number of alkyl halides is 1. The van der Waals surface area contributed by atoms with Crippen molar-refractivity contribution in [3.8, 4) is 0 Å². The number of azide groups is 1. The van der Waals surface area contributed by atoms with Crippen LogP contribution in [0.2, 0.25) is 0 Å². The Morgan fingerprint density at radius 2 is 1.88 bits per heavy atom. The largest absolute Gasteiger partial charge is 0.250 e. The van der Waals surface area contributed by atoms with Crippen LogP contribution in [-0.2, 0) is 5.41 Å². The molecule has 1 rings (SSSR count). The van der Waals surface area contributed by atoms with E-state index in [0.717, 1.165) is 0 Å². The van der Waals surface area contributed by atoms with Gasteiger partial charge in [0, 0.05) is 4.91 Å². The summed E-state index contributed by atoms with van der Waals surface area (Å²) < 4.78 is 12.6. The highest BCUT2D eigenvalue weighted by Gasteiger charge is 2.14. The third kappa shape index (κ3) is 2.97. The lowest BCUT2D eigenvalue weighted by Crippen LogP contribution is -2.11. The lowest BCUT2D eigenvalue weighted by molar-refractivity contribution is 0.436. The zero-order valence-corrected chi connectivity index (χ0v) is 9.81. The molecule has 16 heavy (non-hydrogen) atoms. The summed E-state index contributed by atoms with van der Waals surface area (Å²) >= 11 is 0. The van der Waals surface area contributed by atoms with Crippen molar-refractivity contribution in [3.05, 3.63) is 45.8 Å². The van der Waals surface area contributed by atoms with Crippen molar-refractivity contribution in [2.75, 3.05) is 6.67 Å². The zero-order valence-electron chi connectivity index (χ0n) is 9.81. The van der Waals surface area contributed by atoms with E-state index < -0.39 is 12.7 Å². The van der Waals surface area contributed by atoms with E-state index in [1.807, 2.05) is 24.3 Å². The minimum absolute atomic E-state index is 0.0717. The van der Waals surface area contributed by atoms with Gasteiger partial charge in [-0.15, -0.1) is 0 Å². The molecule has 0 aliphatic heterocycles. The first-order valence-corrected chi connectivity index (χ1v) is 5.19. The number of hydrogen-bond acceptors (Lipinski definition) is 1. The average molecular weight is 221 g/mol. The lowest BCUT2D eigenvalue weighted by Gasteiger charge is -2.19. The van der Waals surface area contributed by atoms with Crippen molar-refractivity contribution in [2.24, 2.45) is 5.11 Å². The molecular weight excluding hydrogens is 205 g/mol. The predicted molar refractivity (Wildman–Crippen MR) is 63.0 cm³/mol. The molecule has 0 saturated carbocycles. The second kappa shape index (κ2) is 4.99. The molecular formula is C12H16FN3. The van der Waals surface area contributed by atoms with Crippen LogP contribution in [0.25, 0.3) is 10.4 Å². The van der Waals surface area contributed by atoms with Crippen LogP contribution in [-0.4, -0.2) is 6.67 Å². The van der Waals surface area contributed by atoms with Crippen molar-refractivity contribution in [1.82, 2.24) is 0 Å². The fourth-order valence-electron chi connectivity index (χ4n) is 1.45. The summed E-state index contributed by atoms with van der Waals surface area (Å²) in [7, 11) is 0. The van der Waals surface area contributed by atoms with Crippen molar-refractivity contribution >= 4 is 0 Å². The van der Waals surface area contributed by atoms with E-state index in [0.29, 0.717) is 5.56 Å². The number of nitrogens with zero attached hydrogens (tertiary/aromatic N) is 3. The fourth-order valence-corrected chi connectivity index (χ4v) is 1.45. The van der Waals surface area contributed by atoms with Crippen LogP contribution in [0.4, 0.5) is 4.39 Å². The zero-order chi connectivity index (χ0) is 12.2. The third-order valence-corrected chi connectivity index (χ3v) is 2.50. The van der Waals surface area contributed by atoms with Crippen LogP contribution in [0, 0.1) is 0 Å². The third-order valence-electron chi connectivity index (χ3n) is 2.50. The van der Waals surface area contributed by atoms with Crippen molar-refractivity contribution in [1.29, 1.82) is 0 Å². The normalized spacial score (nSPS) is 13.0. The van der Waals surface area contributed by atoms with E-state index >= 15 is 0 Å². The number of rotatable bonds is 3. The van der Waals surface area contributed by atoms with E-state index in [4.69, 9.17) is 5.53 Å². The van der Waals surface area contributed by atoms with Crippen molar-refractivity contribution < 1.29 is 4.39 Å². The topological polar surface area (TPSA) is 48.8 Å². The average Bonchev–Trinajstić information content (AvgIpc) is 2.25. The smallest absolute Gasteiger partial charge is 0.102 e. The minimum atomic E-state index is -0.709. The molecule has 0 aromatic heterocycles. The van der Waals surface area contributed by atoms with Crippen LogP contribution in [0.5, 0.6) is 0 Å². The second-order valence-corrected chi connectivity index (χ2v) is 4.75. The molecule has 0 N–H and O–H groups in total. The van der Waals surface area contributed by atoms with Gasteiger partial charge in [-0.25, -0.2) is 0 Å². The molecule has 1 atom stereocenters. The summed E-state index contributed by atoms with van der Waals surface area (Å²) in [5, 5.41) is 3.41. The molecule has 0 radical (unpaired) electrons. The highest BCUT2D eigenvalue weighted by atomic mass is 19.1. The summed E-state index contributed by atoms with van der Waals surface area (Å²) in [5.74, 6) is 0. The molecule has 0 bridgehead atoms. The standard InChI is InChI=1S/C12H16FN3/c1-12(2,3)10-6-4-9(5-7-10)11(8-13)15-16-14/h4-7,11H,8H2,1-3H3.